The number of carbonyl (C=O) groups is 2. The Morgan fingerprint density at radius 2 is 0.500 bits per heavy atom. The Kier molecular flexibility index (Phi) is 64.5. The molecule has 0 saturated carbocycles. The van der Waals surface area contributed by atoms with Crippen LogP contribution >= 0.6 is 0 Å². The van der Waals surface area contributed by atoms with Crippen molar-refractivity contribution in [3.63, 3.8) is 0 Å². The average molecular weight is 1100 g/mol. The van der Waals surface area contributed by atoms with Crippen molar-refractivity contribution in [2.45, 2.75) is 277 Å². The van der Waals surface area contributed by atoms with Crippen molar-refractivity contribution in [3.8, 4) is 0 Å². The summed E-state index contributed by atoms with van der Waals surface area (Å²) >= 11 is 0. The smallest absolute Gasteiger partial charge is 0.306 e. The van der Waals surface area contributed by atoms with Gasteiger partial charge in [0, 0.05) is 12.8 Å². The molecule has 80 heavy (non-hydrogen) atoms. The van der Waals surface area contributed by atoms with E-state index in [0.717, 1.165) is 135 Å². The zero-order chi connectivity index (χ0) is 57.6. The lowest BCUT2D eigenvalue weighted by Crippen LogP contribution is -2.28. The second-order valence-electron chi connectivity index (χ2n) is 21.1. The number of hydrogen-bond acceptors (Lipinski definition) is 5. The van der Waals surface area contributed by atoms with Crippen molar-refractivity contribution in [3.05, 3.63) is 170 Å². The predicted molar refractivity (Wildman–Crippen MR) is 352 cm³/mol. The number of hydrogen-bond donors (Lipinski definition) is 1. The molecule has 0 aliphatic heterocycles. The Morgan fingerprint density at radius 1 is 0.287 bits per heavy atom. The molecule has 0 aromatic carbocycles. The van der Waals surface area contributed by atoms with Crippen LogP contribution in [0.3, 0.4) is 0 Å². The van der Waals surface area contributed by atoms with Crippen molar-refractivity contribution >= 4 is 11.9 Å². The van der Waals surface area contributed by atoms with Crippen LogP contribution in [0.25, 0.3) is 0 Å². The molecule has 0 aromatic rings. The average Bonchev–Trinajstić information content (AvgIpc) is 3.46. The van der Waals surface area contributed by atoms with Crippen molar-refractivity contribution in [1.82, 2.24) is 0 Å². The largest absolute Gasteiger partial charge is 0.462 e. The van der Waals surface area contributed by atoms with Crippen molar-refractivity contribution in [2.24, 2.45) is 0 Å². The van der Waals surface area contributed by atoms with E-state index < -0.39 is 6.10 Å². The van der Waals surface area contributed by atoms with E-state index in [9.17, 15) is 14.7 Å². The van der Waals surface area contributed by atoms with Gasteiger partial charge in [-0.05, 0) is 128 Å². The summed E-state index contributed by atoms with van der Waals surface area (Å²) in [6.07, 6.45) is 106. The quantitative estimate of drug-likeness (QED) is 0.0373. The molecule has 5 nitrogen and oxygen atoms in total. The van der Waals surface area contributed by atoms with Gasteiger partial charge in [0.05, 0.1) is 6.61 Å². The molecule has 0 aliphatic rings. The molecule has 0 amide bonds. The second-order valence-corrected chi connectivity index (χ2v) is 21.1. The van der Waals surface area contributed by atoms with Gasteiger partial charge in [-0.25, -0.2) is 0 Å². The summed E-state index contributed by atoms with van der Waals surface area (Å²) < 4.78 is 10.7. The highest BCUT2D eigenvalue weighted by Crippen LogP contribution is 2.16. The summed E-state index contributed by atoms with van der Waals surface area (Å²) in [5.41, 5.74) is 0. The van der Waals surface area contributed by atoms with Crippen LogP contribution in [0.1, 0.15) is 271 Å². The summed E-state index contributed by atoms with van der Waals surface area (Å²) in [6, 6.07) is 0. The van der Waals surface area contributed by atoms with Crippen LogP contribution in [0.2, 0.25) is 0 Å². The minimum Gasteiger partial charge on any atom is -0.462 e. The van der Waals surface area contributed by atoms with E-state index >= 15 is 0 Å². The zero-order valence-electron chi connectivity index (χ0n) is 51.5. The van der Waals surface area contributed by atoms with Crippen molar-refractivity contribution < 1.29 is 24.2 Å². The molecule has 0 radical (unpaired) electrons. The first-order valence-corrected chi connectivity index (χ1v) is 32.7. The Labute approximate surface area is 493 Å². The van der Waals surface area contributed by atoms with Crippen LogP contribution in [0.5, 0.6) is 0 Å². The Balaban J connectivity index is 3.56. The normalized spacial score (nSPS) is 13.4. The summed E-state index contributed by atoms with van der Waals surface area (Å²) in [7, 11) is 0. The Bertz CT molecular complexity index is 1770. The van der Waals surface area contributed by atoms with Gasteiger partial charge in [-0.15, -0.1) is 0 Å². The Morgan fingerprint density at radius 3 is 0.750 bits per heavy atom. The van der Waals surface area contributed by atoms with Crippen LogP contribution in [0, 0.1) is 0 Å². The number of ether oxygens (including phenoxy) is 2. The molecule has 450 valence electrons. The highest BCUT2D eigenvalue weighted by Gasteiger charge is 2.16. The highest BCUT2D eigenvalue weighted by atomic mass is 16.6. The van der Waals surface area contributed by atoms with E-state index in [4.69, 9.17) is 9.47 Å². The predicted octanol–water partition coefficient (Wildman–Crippen LogP) is 22.9. The summed E-state index contributed by atoms with van der Waals surface area (Å²) in [6.45, 7) is 3.91. The topological polar surface area (TPSA) is 72.8 Å². The molecule has 0 bridgehead atoms. The molecule has 0 saturated heterocycles. The van der Waals surface area contributed by atoms with E-state index in [1.165, 1.54) is 109 Å². The molecule has 5 heteroatoms. The summed E-state index contributed by atoms with van der Waals surface area (Å²) in [5.74, 6) is -0.609. The third kappa shape index (κ3) is 65.8. The Hall–Kier alpha value is -4.74. The number of unbranched alkanes of at least 4 members (excludes halogenated alkanes) is 22. The van der Waals surface area contributed by atoms with Gasteiger partial charge in [0.1, 0.15) is 6.61 Å². The molecular weight excluding hydrogens is 981 g/mol. The molecule has 0 spiro atoms. The summed E-state index contributed by atoms with van der Waals surface area (Å²) in [5, 5.41) is 9.69. The number of rotatable bonds is 58. The minimum absolute atomic E-state index is 0.0807. The van der Waals surface area contributed by atoms with Gasteiger partial charge in [-0.2, -0.15) is 0 Å². The lowest BCUT2D eigenvalue weighted by atomic mass is 10.0. The number of aliphatic hydroxyl groups excluding tert-OH is 1. The SMILES string of the molecule is CC/C=C\C/C=C\C/C=C\C/C=C\C/C=C\C/C=C\C/C=C\CCCCCCCCCCCCCCCCCC(=O)OC(CO)COC(=O)CCCCCCCCC/C=C\C/C=C\C/C=C\C/C=C\C/C=C\C/C=C\C/C=C\CC. The third-order valence-corrected chi connectivity index (χ3v) is 13.5. The van der Waals surface area contributed by atoms with E-state index in [1.54, 1.807) is 0 Å². The third-order valence-electron chi connectivity index (χ3n) is 13.5. The molecule has 1 N–H and O–H groups in total. The number of allylic oxidation sites excluding steroid dienone is 28. The van der Waals surface area contributed by atoms with Gasteiger partial charge in [-0.3, -0.25) is 9.59 Å². The minimum atomic E-state index is -0.790. The fourth-order valence-electron chi connectivity index (χ4n) is 8.69. The zero-order valence-corrected chi connectivity index (χ0v) is 51.5. The molecule has 1 unspecified atom stereocenters. The van der Waals surface area contributed by atoms with E-state index in [1.807, 2.05) is 0 Å². The van der Waals surface area contributed by atoms with E-state index in [0.29, 0.717) is 12.8 Å². The van der Waals surface area contributed by atoms with Gasteiger partial charge in [0.2, 0.25) is 0 Å². The molecular formula is C75H120O5. The molecule has 1 atom stereocenters. The van der Waals surface area contributed by atoms with E-state index in [2.05, 4.69) is 184 Å². The van der Waals surface area contributed by atoms with Crippen LogP contribution < -0.4 is 0 Å². The fraction of sp³-hybridized carbons (Fsp3) is 0.600. The number of esters is 2. The maximum absolute atomic E-state index is 12.4. The lowest BCUT2D eigenvalue weighted by molar-refractivity contribution is -0.161. The highest BCUT2D eigenvalue weighted by molar-refractivity contribution is 5.70. The standard InChI is InChI=1S/C75H120O5/c1-3-5-7-9-11-13-15-17-19-21-23-25-27-29-31-33-34-35-36-37-38-39-40-42-44-46-48-50-52-54-56-58-60-62-64-66-68-70-75(78)80-73(71-76)72-79-74(77)69-67-65-63-61-59-57-55-53-51-49-47-45-43-41-32-30-28-26-24-22-20-18-16-14-12-10-8-6-4-2/h5-8,11-14,17-20,23-26,29-32,34-35,37-38,43,45,49,51,73,76H,3-4,9-10,15-16,21-22,27-28,33,36,39-42,44,46-48,50,52-72H2,1-2H3/b7-5-,8-6-,13-11-,14-12-,19-17-,20-18-,25-23-,26-24-,31-29-,32-30-,35-34-,38-37-,45-43-,51-49-. The number of aliphatic hydroxyl groups is 1. The maximum Gasteiger partial charge on any atom is 0.306 e. The van der Waals surface area contributed by atoms with Crippen LogP contribution in [0.4, 0.5) is 0 Å². The number of carbonyl (C=O) groups excluding carboxylic acids is 2. The van der Waals surface area contributed by atoms with E-state index in [-0.39, 0.29) is 25.2 Å². The van der Waals surface area contributed by atoms with Gasteiger partial charge in [0.25, 0.3) is 0 Å². The summed E-state index contributed by atoms with van der Waals surface area (Å²) in [4.78, 5) is 24.6. The van der Waals surface area contributed by atoms with Crippen LogP contribution in [0.15, 0.2) is 170 Å². The first-order valence-electron chi connectivity index (χ1n) is 32.7. The van der Waals surface area contributed by atoms with Gasteiger partial charge in [-0.1, -0.05) is 300 Å². The fourth-order valence-corrected chi connectivity index (χ4v) is 8.69. The monoisotopic (exact) mass is 1100 g/mol. The molecule has 0 rings (SSSR count). The first-order chi connectivity index (χ1) is 39.6. The van der Waals surface area contributed by atoms with Crippen LogP contribution in [-0.4, -0.2) is 36.4 Å². The molecule has 0 aliphatic carbocycles. The van der Waals surface area contributed by atoms with Crippen LogP contribution in [-0.2, 0) is 19.1 Å². The lowest BCUT2D eigenvalue weighted by Gasteiger charge is -2.15. The van der Waals surface area contributed by atoms with Crippen molar-refractivity contribution in [1.29, 1.82) is 0 Å². The van der Waals surface area contributed by atoms with Gasteiger partial charge in [0.15, 0.2) is 6.10 Å². The molecule has 0 aromatic heterocycles. The first kappa shape index (κ1) is 75.3. The van der Waals surface area contributed by atoms with Crippen molar-refractivity contribution in [2.75, 3.05) is 13.2 Å². The second kappa shape index (κ2) is 68.5. The van der Waals surface area contributed by atoms with Gasteiger partial charge < -0.3 is 14.6 Å². The molecule has 0 fully saturated rings. The maximum atomic E-state index is 12.4. The van der Waals surface area contributed by atoms with Gasteiger partial charge >= 0.3 is 11.9 Å². The molecule has 0 heterocycles.